The number of nitrogens with one attached hydrogen (secondary N) is 1. The maximum Gasteiger partial charge on any atom is 0.130 e. The van der Waals surface area contributed by atoms with Crippen molar-refractivity contribution in [3.63, 3.8) is 0 Å². The molecule has 1 aliphatic rings. The van der Waals surface area contributed by atoms with E-state index < -0.39 is 5.41 Å². The molecule has 0 aliphatic carbocycles. The van der Waals surface area contributed by atoms with Gasteiger partial charge in [0, 0.05) is 15.5 Å². The summed E-state index contributed by atoms with van der Waals surface area (Å²) in [6.45, 7) is 11.5. The Kier molecular flexibility index (Phi) is 5.47. The minimum absolute atomic E-state index is 0.327. The molecular weight excluding hydrogens is 363 g/mol. The zero-order valence-electron chi connectivity index (χ0n) is 12.4. The summed E-state index contributed by atoms with van der Waals surface area (Å²) in [5, 5.41) is 9.71. The van der Waals surface area contributed by atoms with Crippen molar-refractivity contribution in [3.8, 4) is 0 Å². The summed E-state index contributed by atoms with van der Waals surface area (Å²) in [6, 6.07) is 0. The molecular formula is C15H21IN4. The van der Waals surface area contributed by atoms with E-state index in [1.807, 2.05) is 46.0 Å². The molecule has 0 spiro atoms. The van der Waals surface area contributed by atoms with E-state index in [0.29, 0.717) is 5.84 Å². The van der Waals surface area contributed by atoms with Crippen molar-refractivity contribution in [3.05, 3.63) is 45.9 Å². The zero-order valence-corrected chi connectivity index (χ0v) is 14.5. The number of hydrogen-bond acceptors (Lipinski definition) is 3. The first-order valence-corrected chi connectivity index (χ1v) is 7.35. The maximum atomic E-state index is 8.14. The maximum absolute atomic E-state index is 8.14. The number of aliphatic imine (C=N–C) groups is 1. The molecule has 0 unspecified atom stereocenters. The van der Waals surface area contributed by atoms with Crippen molar-refractivity contribution >= 4 is 34.1 Å². The van der Waals surface area contributed by atoms with Crippen LogP contribution in [0.4, 0.5) is 0 Å². The van der Waals surface area contributed by atoms with E-state index in [0.717, 1.165) is 20.6 Å². The lowest BCUT2D eigenvalue weighted by molar-refractivity contribution is 0.481. The second kappa shape index (κ2) is 6.49. The van der Waals surface area contributed by atoms with Crippen LogP contribution in [0.15, 0.2) is 50.8 Å². The van der Waals surface area contributed by atoms with Crippen molar-refractivity contribution in [2.45, 2.75) is 27.7 Å². The van der Waals surface area contributed by atoms with Gasteiger partial charge in [0.15, 0.2) is 0 Å². The molecule has 0 aromatic carbocycles. The third-order valence-corrected chi connectivity index (χ3v) is 4.04. The number of halogens is 1. The van der Waals surface area contributed by atoms with Gasteiger partial charge in [-0.3, -0.25) is 10.4 Å². The molecule has 108 valence electrons. The average molecular weight is 384 g/mol. The molecule has 1 aliphatic heterocycles. The largest absolute Gasteiger partial charge is 0.286 e. The fourth-order valence-corrected chi connectivity index (χ4v) is 2.15. The van der Waals surface area contributed by atoms with Crippen LogP contribution < -0.4 is 5.84 Å². The number of rotatable bonds is 3. The van der Waals surface area contributed by atoms with E-state index in [4.69, 9.17) is 11.3 Å². The lowest BCUT2D eigenvalue weighted by atomic mass is 9.82. The molecule has 1 heterocycles. The summed E-state index contributed by atoms with van der Waals surface area (Å²) in [4.78, 5) is 4.26. The zero-order chi connectivity index (χ0) is 15.5. The Morgan fingerprint density at radius 2 is 2.05 bits per heavy atom. The number of nitrogens with zero attached hydrogens (tertiary/aromatic N) is 2. The minimum atomic E-state index is -0.490. The molecule has 0 bridgehead atoms. The topological polar surface area (TPSA) is 65.5 Å². The molecule has 0 fully saturated rings. The van der Waals surface area contributed by atoms with Gasteiger partial charge in [-0.25, -0.2) is 10.8 Å². The monoisotopic (exact) mass is 384 g/mol. The molecule has 0 aromatic heterocycles. The molecule has 0 radical (unpaired) electrons. The van der Waals surface area contributed by atoms with Crippen LogP contribution in [0.25, 0.3) is 0 Å². The number of hydrazine groups is 1. The van der Waals surface area contributed by atoms with Crippen molar-refractivity contribution in [2.24, 2.45) is 16.3 Å². The Labute approximate surface area is 134 Å². The van der Waals surface area contributed by atoms with Crippen LogP contribution in [0.3, 0.4) is 0 Å². The van der Waals surface area contributed by atoms with Crippen LogP contribution in [0.5, 0.6) is 0 Å². The van der Waals surface area contributed by atoms with Crippen LogP contribution in [-0.4, -0.2) is 16.6 Å². The molecule has 4 nitrogen and oxygen atoms in total. The molecule has 0 atom stereocenters. The van der Waals surface area contributed by atoms with Crippen LogP contribution in [0, 0.1) is 10.8 Å². The van der Waals surface area contributed by atoms with Gasteiger partial charge in [-0.05, 0) is 61.9 Å². The average Bonchev–Trinajstić information content (AvgIpc) is 2.36. The predicted octanol–water partition coefficient (Wildman–Crippen LogP) is 3.93. The summed E-state index contributed by atoms with van der Waals surface area (Å²) < 4.78 is 0.979. The number of nitrogens with two attached hydrogens (primary N) is 1. The Morgan fingerprint density at radius 1 is 1.45 bits per heavy atom. The Balaban J connectivity index is 3.13. The van der Waals surface area contributed by atoms with E-state index in [9.17, 15) is 0 Å². The summed E-state index contributed by atoms with van der Waals surface area (Å²) in [6.07, 6.45) is 7.52. The standard InChI is InChI=1S/C15H21IN4/c1-6-12(16)13-8-7-11(9-20(13)18)15(4,5)14(17)19-10(2)3/h6-9,17H,1,18H2,2-5H3/b13-12+,17-14?. The second-order valence-electron chi connectivity index (χ2n) is 5.29. The molecule has 0 saturated heterocycles. The van der Waals surface area contributed by atoms with Gasteiger partial charge in [0.2, 0.25) is 0 Å². The molecule has 20 heavy (non-hydrogen) atoms. The summed E-state index contributed by atoms with van der Waals surface area (Å²) in [5.74, 6) is 6.36. The SMILES string of the molecule is C=C/C(I)=C1/C=CC(C(C)(C)C(=N)N=C(C)C)=CN1N. The van der Waals surface area contributed by atoms with Crippen LogP contribution in [0.2, 0.25) is 0 Å². The Hall–Kier alpha value is -1.21. The van der Waals surface area contributed by atoms with Gasteiger partial charge in [0.1, 0.15) is 5.84 Å². The number of amidine groups is 1. The fourth-order valence-electron chi connectivity index (χ4n) is 1.69. The van der Waals surface area contributed by atoms with Crippen molar-refractivity contribution in [1.29, 1.82) is 5.41 Å². The van der Waals surface area contributed by atoms with Crippen molar-refractivity contribution in [2.75, 3.05) is 0 Å². The third kappa shape index (κ3) is 3.67. The van der Waals surface area contributed by atoms with Crippen LogP contribution >= 0.6 is 22.6 Å². The highest BCUT2D eigenvalue weighted by atomic mass is 127. The fraction of sp³-hybridized carbons (Fsp3) is 0.333. The van der Waals surface area contributed by atoms with E-state index in [2.05, 4.69) is 34.2 Å². The van der Waals surface area contributed by atoms with Crippen LogP contribution in [-0.2, 0) is 0 Å². The molecule has 3 N–H and O–H groups in total. The van der Waals surface area contributed by atoms with Gasteiger partial charge < -0.3 is 0 Å². The molecule has 1 rings (SSSR count). The normalized spacial score (nSPS) is 17.5. The highest BCUT2D eigenvalue weighted by Crippen LogP contribution is 2.33. The summed E-state index contributed by atoms with van der Waals surface area (Å²) >= 11 is 2.19. The molecule has 0 amide bonds. The second-order valence-corrected chi connectivity index (χ2v) is 6.46. The lowest BCUT2D eigenvalue weighted by Crippen LogP contribution is -2.32. The van der Waals surface area contributed by atoms with Crippen molar-refractivity contribution in [1.82, 2.24) is 5.01 Å². The first-order valence-electron chi connectivity index (χ1n) is 6.27. The van der Waals surface area contributed by atoms with Gasteiger partial charge in [-0.15, -0.1) is 0 Å². The minimum Gasteiger partial charge on any atom is -0.286 e. The predicted molar refractivity (Wildman–Crippen MR) is 94.8 cm³/mol. The summed E-state index contributed by atoms with van der Waals surface area (Å²) in [5.41, 5.74) is 2.22. The van der Waals surface area contributed by atoms with Gasteiger partial charge in [-0.2, -0.15) is 0 Å². The quantitative estimate of drug-likeness (QED) is 0.335. The van der Waals surface area contributed by atoms with Crippen LogP contribution in [0.1, 0.15) is 27.7 Å². The number of hydrogen-bond donors (Lipinski definition) is 2. The first-order chi connectivity index (χ1) is 9.20. The third-order valence-electron chi connectivity index (χ3n) is 3.05. The molecule has 0 saturated carbocycles. The van der Waals surface area contributed by atoms with Gasteiger partial charge in [0.05, 0.1) is 11.1 Å². The summed E-state index contributed by atoms with van der Waals surface area (Å²) in [7, 11) is 0. The highest BCUT2D eigenvalue weighted by molar-refractivity contribution is 14.1. The molecule has 5 heteroatoms. The van der Waals surface area contributed by atoms with E-state index >= 15 is 0 Å². The molecule has 0 aromatic rings. The highest BCUT2D eigenvalue weighted by Gasteiger charge is 2.29. The first kappa shape index (κ1) is 16.8. The Morgan fingerprint density at radius 3 is 2.50 bits per heavy atom. The van der Waals surface area contributed by atoms with Crippen molar-refractivity contribution < 1.29 is 0 Å². The lowest BCUT2D eigenvalue weighted by Gasteiger charge is -2.30. The van der Waals surface area contributed by atoms with Gasteiger partial charge in [-0.1, -0.05) is 18.7 Å². The van der Waals surface area contributed by atoms with E-state index in [1.165, 1.54) is 0 Å². The van der Waals surface area contributed by atoms with Gasteiger partial charge >= 0.3 is 0 Å². The number of allylic oxidation sites excluding steroid dienone is 4. The smallest absolute Gasteiger partial charge is 0.130 e. The van der Waals surface area contributed by atoms with E-state index in [-0.39, 0.29) is 0 Å². The Bertz CT molecular complexity index is 546. The van der Waals surface area contributed by atoms with E-state index in [1.54, 1.807) is 11.1 Å². The van der Waals surface area contributed by atoms with Gasteiger partial charge in [0.25, 0.3) is 0 Å².